The Balaban J connectivity index is 2.48. The zero-order chi connectivity index (χ0) is 10.6. The van der Waals surface area contributed by atoms with Crippen LogP contribution in [0.15, 0.2) is 18.2 Å². The normalized spacial score (nSPS) is 14.0. The second kappa shape index (κ2) is 4.58. The van der Waals surface area contributed by atoms with Gasteiger partial charge in [-0.1, -0.05) is 12.1 Å². The van der Waals surface area contributed by atoms with Gasteiger partial charge in [-0.3, -0.25) is 0 Å². The summed E-state index contributed by atoms with van der Waals surface area (Å²) in [6.07, 6.45) is -0.472. The molecular formula is C12H17NO. The maximum Gasteiger partial charge on any atom is 0.0914 e. The molecule has 0 heterocycles. The van der Waals surface area contributed by atoms with Crippen molar-refractivity contribution in [2.45, 2.75) is 32.4 Å². The third-order valence-corrected chi connectivity index (χ3v) is 1.89. The van der Waals surface area contributed by atoms with Crippen molar-refractivity contribution in [3.63, 3.8) is 0 Å². The molecule has 1 aromatic rings. The Morgan fingerprint density at radius 1 is 1.43 bits per heavy atom. The minimum atomic E-state index is -0.472. The van der Waals surface area contributed by atoms with Crippen LogP contribution in [0.5, 0.6) is 0 Å². The lowest BCUT2D eigenvalue weighted by Crippen LogP contribution is -2.38. The first kappa shape index (κ1) is 11.2. The zero-order valence-corrected chi connectivity index (χ0v) is 8.96. The number of rotatable bonds is 3. The maximum atomic E-state index is 9.79. The summed E-state index contributed by atoms with van der Waals surface area (Å²) in [6, 6.07) is 11.0. The lowest BCUT2D eigenvalue weighted by Gasteiger charge is -2.22. The summed E-state index contributed by atoms with van der Waals surface area (Å²) < 4.78 is 0. The van der Waals surface area contributed by atoms with Gasteiger partial charge in [-0.25, -0.2) is 0 Å². The van der Waals surface area contributed by atoms with Crippen molar-refractivity contribution in [2.75, 3.05) is 6.54 Å². The minimum Gasteiger partial charge on any atom is -0.387 e. The van der Waals surface area contributed by atoms with Gasteiger partial charge in [0.25, 0.3) is 0 Å². The Hall–Kier alpha value is -0.860. The molecule has 76 valence electrons. The average Bonchev–Trinajstić information content (AvgIpc) is 2.14. The quantitative estimate of drug-likeness (QED) is 0.762. The Morgan fingerprint density at radius 2 is 2.14 bits per heavy atom. The van der Waals surface area contributed by atoms with Crippen LogP contribution < -0.4 is 5.32 Å². The summed E-state index contributed by atoms with van der Waals surface area (Å²) >= 11 is 0. The predicted octanol–water partition coefficient (Wildman–Crippen LogP) is 1.71. The molecule has 0 aliphatic heterocycles. The maximum absolute atomic E-state index is 9.79. The molecule has 0 amide bonds. The van der Waals surface area contributed by atoms with Crippen molar-refractivity contribution >= 4 is 0 Å². The zero-order valence-electron chi connectivity index (χ0n) is 8.96. The molecule has 2 radical (unpaired) electrons. The van der Waals surface area contributed by atoms with E-state index in [1.807, 2.05) is 6.07 Å². The van der Waals surface area contributed by atoms with Crippen LogP contribution >= 0.6 is 0 Å². The van der Waals surface area contributed by atoms with Crippen LogP contribution in [0.2, 0.25) is 0 Å². The monoisotopic (exact) mass is 191 g/mol. The smallest absolute Gasteiger partial charge is 0.0914 e. The highest BCUT2D eigenvalue weighted by Crippen LogP contribution is 2.11. The number of aliphatic hydroxyl groups is 1. The number of hydrogen-bond acceptors (Lipinski definition) is 2. The first-order chi connectivity index (χ1) is 6.49. The first-order valence-electron chi connectivity index (χ1n) is 4.80. The largest absolute Gasteiger partial charge is 0.387 e. The molecule has 1 rings (SSSR count). The van der Waals surface area contributed by atoms with Gasteiger partial charge in [-0.05, 0) is 44.5 Å². The van der Waals surface area contributed by atoms with Gasteiger partial charge in [0.2, 0.25) is 0 Å². The van der Waals surface area contributed by atoms with Gasteiger partial charge in [-0.2, -0.15) is 0 Å². The summed E-state index contributed by atoms with van der Waals surface area (Å²) in [7, 11) is 0. The summed E-state index contributed by atoms with van der Waals surface area (Å²) in [6.45, 7) is 6.78. The van der Waals surface area contributed by atoms with Crippen molar-refractivity contribution in [2.24, 2.45) is 0 Å². The molecule has 1 atom stereocenters. The highest BCUT2D eigenvalue weighted by atomic mass is 16.3. The van der Waals surface area contributed by atoms with Crippen LogP contribution in [-0.4, -0.2) is 17.2 Å². The highest BCUT2D eigenvalue weighted by Gasteiger charge is 2.12. The molecule has 0 aliphatic rings. The first-order valence-corrected chi connectivity index (χ1v) is 4.80. The second-order valence-electron chi connectivity index (χ2n) is 4.41. The Kier molecular flexibility index (Phi) is 3.67. The topological polar surface area (TPSA) is 32.3 Å². The van der Waals surface area contributed by atoms with Crippen molar-refractivity contribution in [1.82, 2.24) is 5.32 Å². The summed E-state index contributed by atoms with van der Waals surface area (Å²) in [5.74, 6) is 0. The van der Waals surface area contributed by atoms with Crippen LogP contribution in [-0.2, 0) is 0 Å². The van der Waals surface area contributed by atoms with Crippen LogP contribution in [0.1, 0.15) is 32.4 Å². The highest BCUT2D eigenvalue weighted by molar-refractivity contribution is 5.16. The molecule has 2 nitrogen and oxygen atoms in total. The SMILES string of the molecule is CC(C)(C)NCC(O)c1c[c][c]cc1. The third-order valence-electron chi connectivity index (χ3n) is 1.89. The average molecular weight is 191 g/mol. The molecule has 2 heteroatoms. The molecule has 1 aromatic carbocycles. The van der Waals surface area contributed by atoms with Crippen LogP contribution in [0.25, 0.3) is 0 Å². The summed E-state index contributed by atoms with van der Waals surface area (Å²) in [4.78, 5) is 0. The molecule has 2 N–H and O–H groups in total. The van der Waals surface area contributed by atoms with E-state index in [-0.39, 0.29) is 5.54 Å². The number of hydrogen-bond donors (Lipinski definition) is 2. The van der Waals surface area contributed by atoms with Crippen molar-refractivity contribution in [3.8, 4) is 0 Å². The fourth-order valence-corrected chi connectivity index (χ4v) is 1.09. The van der Waals surface area contributed by atoms with Crippen molar-refractivity contribution in [1.29, 1.82) is 0 Å². The van der Waals surface area contributed by atoms with Gasteiger partial charge in [0, 0.05) is 12.1 Å². The van der Waals surface area contributed by atoms with E-state index in [1.54, 1.807) is 12.1 Å². The van der Waals surface area contributed by atoms with Crippen molar-refractivity contribution < 1.29 is 5.11 Å². The number of aliphatic hydroxyl groups excluding tert-OH is 1. The number of nitrogens with one attached hydrogen (secondary N) is 1. The summed E-state index contributed by atoms with van der Waals surface area (Å²) in [5, 5.41) is 13.0. The predicted molar refractivity (Wildman–Crippen MR) is 56.8 cm³/mol. The lowest BCUT2D eigenvalue weighted by atomic mass is 10.1. The molecule has 0 saturated carbocycles. The van der Waals surface area contributed by atoms with Gasteiger partial charge in [0.1, 0.15) is 0 Å². The van der Waals surface area contributed by atoms with Gasteiger partial charge in [0.05, 0.1) is 6.10 Å². The molecule has 1 unspecified atom stereocenters. The Bertz CT molecular complexity index is 263. The van der Waals surface area contributed by atoms with E-state index in [0.717, 1.165) is 5.56 Å². The van der Waals surface area contributed by atoms with E-state index in [2.05, 4.69) is 38.2 Å². The van der Waals surface area contributed by atoms with Gasteiger partial charge >= 0.3 is 0 Å². The molecule has 0 saturated heterocycles. The minimum absolute atomic E-state index is 0.0333. The van der Waals surface area contributed by atoms with Crippen LogP contribution in [0, 0.1) is 12.1 Å². The van der Waals surface area contributed by atoms with Gasteiger partial charge in [0.15, 0.2) is 0 Å². The van der Waals surface area contributed by atoms with E-state index in [4.69, 9.17) is 0 Å². The fraction of sp³-hybridized carbons (Fsp3) is 0.500. The fourth-order valence-electron chi connectivity index (χ4n) is 1.09. The van der Waals surface area contributed by atoms with Gasteiger partial charge in [-0.15, -0.1) is 0 Å². The van der Waals surface area contributed by atoms with E-state index >= 15 is 0 Å². The molecule has 0 aromatic heterocycles. The molecule has 0 fully saturated rings. The molecular weight excluding hydrogens is 174 g/mol. The molecule has 0 bridgehead atoms. The number of β-amino-alcohol motifs (C(OH)–C–C–N with tert-alkyl or cyclic N) is 1. The Morgan fingerprint density at radius 3 is 2.64 bits per heavy atom. The third kappa shape index (κ3) is 3.90. The molecule has 14 heavy (non-hydrogen) atoms. The second-order valence-corrected chi connectivity index (χ2v) is 4.41. The van der Waals surface area contributed by atoms with Crippen LogP contribution in [0.4, 0.5) is 0 Å². The standard InChI is InChI=1S/C12H17NO/c1-12(2,3)13-9-11(14)10-7-5-4-6-8-10/h5,7-8,11,13-14H,9H2,1-3H3. The molecule has 0 aliphatic carbocycles. The Labute approximate surface area is 86.0 Å². The van der Waals surface area contributed by atoms with Crippen molar-refractivity contribution in [3.05, 3.63) is 35.9 Å². The van der Waals surface area contributed by atoms with E-state index in [9.17, 15) is 5.11 Å². The summed E-state index contributed by atoms with van der Waals surface area (Å²) in [5.41, 5.74) is 0.909. The van der Waals surface area contributed by atoms with E-state index < -0.39 is 6.10 Å². The van der Waals surface area contributed by atoms with E-state index in [1.165, 1.54) is 0 Å². The van der Waals surface area contributed by atoms with E-state index in [0.29, 0.717) is 6.54 Å². The number of benzene rings is 1. The molecule has 0 spiro atoms. The van der Waals surface area contributed by atoms with Crippen LogP contribution in [0.3, 0.4) is 0 Å². The van der Waals surface area contributed by atoms with Gasteiger partial charge < -0.3 is 10.4 Å². The lowest BCUT2D eigenvalue weighted by molar-refractivity contribution is 0.163.